The Bertz CT molecular complexity index is 583. The number of hydrogen-bond acceptors (Lipinski definition) is 5. The molecule has 0 saturated carbocycles. The van der Waals surface area contributed by atoms with Crippen molar-refractivity contribution in [1.29, 1.82) is 0 Å². The summed E-state index contributed by atoms with van der Waals surface area (Å²) in [6.45, 7) is 4.27. The standard InChI is InChI=1S/C15H21N5O/c1-16-11-13-12-20(18-17-13)9-8-19-7-4-10-21-15-6-3-2-5-14(15)19/h2-3,5-6,12,16H,4,7-11H2,1H3. The summed E-state index contributed by atoms with van der Waals surface area (Å²) in [5, 5.41) is 11.4. The minimum absolute atomic E-state index is 0.750. The van der Waals surface area contributed by atoms with Gasteiger partial charge in [-0.05, 0) is 25.6 Å². The van der Waals surface area contributed by atoms with Gasteiger partial charge in [-0.3, -0.25) is 4.68 Å². The van der Waals surface area contributed by atoms with E-state index < -0.39 is 0 Å². The van der Waals surface area contributed by atoms with Gasteiger partial charge < -0.3 is 15.0 Å². The lowest BCUT2D eigenvalue weighted by Crippen LogP contribution is -2.28. The second kappa shape index (κ2) is 6.58. The van der Waals surface area contributed by atoms with Crippen LogP contribution in [-0.2, 0) is 13.1 Å². The molecule has 0 saturated heterocycles. The van der Waals surface area contributed by atoms with Crippen molar-refractivity contribution >= 4 is 5.69 Å². The molecular weight excluding hydrogens is 266 g/mol. The number of anilines is 1. The van der Waals surface area contributed by atoms with Gasteiger partial charge in [-0.2, -0.15) is 0 Å². The highest BCUT2D eigenvalue weighted by Gasteiger charge is 2.15. The van der Waals surface area contributed by atoms with E-state index in [9.17, 15) is 0 Å². The molecule has 1 aliphatic heterocycles. The summed E-state index contributed by atoms with van der Waals surface area (Å²) in [7, 11) is 1.91. The molecule has 0 spiro atoms. The summed E-state index contributed by atoms with van der Waals surface area (Å²) in [5.41, 5.74) is 2.14. The van der Waals surface area contributed by atoms with Crippen LogP contribution in [0.15, 0.2) is 30.5 Å². The van der Waals surface area contributed by atoms with E-state index in [4.69, 9.17) is 4.74 Å². The molecule has 0 bridgehead atoms. The van der Waals surface area contributed by atoms with Crippen LogP contribution in [0.5, 0.6) is 5.75 Å². The zero-order valence-electron chi connectivity index (χ0n) is 12.3. The number of aromatic nitrogens is 3. The lowest BCUT2D eigenvalue weighted by molar-refractivity contribution is 0.322. The Balaban J connectivity index is 1.66. The van der Waals surface area contributed by atoms with E-state index in [1.807, 2.05) is 30.1 Å². The highest BCUT2D eigenvalue weighted by atomic mass is 16.5. The number of benzene rings is 1. The van der Waals surface area contributed by atoms with Crippen LogP contribution in [0.3, 0.4) is 0 Å². The summed E-state index contributed by atoms with van der Waals surface area (Å²) in [4.78, 5) is 2.36. The van der Waals surface area contributed by atoms with Crippen LogP contribution in [0.4, 0.5) is 5.69 Å². The Hall–Kier alpha value is -2.08. The predicted octanol–water partition coefficient (Wildman–Crippen LogP) is 1.29. The largest absolute Gasteiger partial charge is 0.491 e. The van der Waals surface area contributed by atoms with Crippen molar-refractivity contribution in [3.8, 4) is 5.75 Å². The lowest BCUT2D eigenvalue weighted by atomic mass is 10.2. The van der Waals surface area contributed by atoms with Crippen LogP contribution < -0.4 is 15.0 Å². The smallest absolute Gasteiger partial charge is 0.142 e. The first kappa shape index (κ1) is 13.9. The summed E-state index contributed by atoms with van der Waals surface area (Å²) >= 11 is 0. The topological polar surface area (TPSA) is 55.2 Å². The Labute approximate surface area is 124 Å². The fourth-order valence-electron chi connectivity index (χ4n) is 2.56. The van der Waals surface area contributed by atoms with E-state index in [2.05, 4.69) is 32.7 Å². The number of hydrogen-bond donors (Lipinski definition) is 1. The maximum atomic E-state index is 5.78. The van der Waals surface area contributed by atoms with Crippen LogP contribution >= 0.6 is 0 Å². The first-order valence-corrected chi connectivity index (χ1v) is 7.37. The first-order valence-electron chi connectivity index (χ1n) is 7.37. The molecule has 0 amide bonds. The Kier molecular flexibility index (Phi) is 4.35. The Morgan fingerprint density at radius 1 is 1.29 bits per heavy atom. The van der Waals surface area contributed by atoms with Crippen LogP contribution in [-0.4, -0.2) is 41.7 Å². The van der Waals surface area contributed by atoms with Crippen molar-refractivity contribution in [2.45, 2.75) is 19.5 Å². The molecule has 112 valence electrons. The molecule has 2 aromatic rings. The molecule has 0 radical (unpaired) electrons. The summed E-state index contributed by atoms with van der Waals surface area (Å²) in [6.07, 6.45) is 3.04. The molecular formula is C15H21N5O. The molecule has 1 aliphatic rings. The fourth-order valence-corrected chi connectivity index (χ4v) is 2.56. The van der Waals surface area contributed by atoms with E-state index in [-0.39, 0.29) is 0 Å². The number of nitrogens with zero attached hydrogens (tertiary/aromatic N) is 4. The third-order valence-corrected chi connectivity index (χ3v) is 3.58. The quantitative estimate of drug-likeness (QED) is 0.898. The zero-order chi connectivity index (χ0) is 14.5. The molecule has 1 N–H and O–H groups in total. The SMILES string of the molecule is CNCc1cn(CCN2CCCOc3ccccc32)nn1. The van der Waals surface area contributed by atoms with Gasteiger partial charge in [-0.15, -0.1) is 5.10 Å². The van der Waals surface area contributed by atoms with E-state index in [1.54, 1.807) is 0 Å². The van der Waals surface area contributed by atoms with Crippen molar-refractivity contribution in [1.82, 2.24) is 20.3 Å². The third kappa shape index (κ3) is 3.33. The molecule has 0 atom stereocenters. The van der Waals surface area contributed by atoms with Gasteiger partial charge in [-0.1, -0.05) is 17.3 Å². The Morgan fingerprint density at radius 2 is 2.19 bits per heavy atom. The molecule has 6 nitrogen and oxygen atoms in total. The normalized spacial score (nSPS) is 14.4. The van der Waals surface area contributed by atoms with Gasteiger partial charge in [0.2, 0.25) is 0 Å². The summed E-state index contributed by atoms with van der Waals surface area (Å²) in [5.74, 6) is 0.976. The zero-order valence-corrected chi connectivity index (χ0v) is 12.3. The number of para-hydroxylation sites is 2. The van der Waals surface area contributed by atoms with Gasteiger partial charge in [0.25, 0.3) is 0 Å². The van der Waals surface area contributed by atoms with Gasteiger partial charge in [-0.25, -0.2) is 0 Å². The van der Waals surface area contributed by atoms with Crippen LogP contribution in [0.1, 0.15) is 12.1 Å². The molecule has 1 aromatic carbocycles. The number of ether oxygens (including phenoxy) is 1. The van der Waals surface area contributed by atoms with E-state index in [1.165, 1.54) is 5.69 Å². The first-order chi connectivity index (χ1) is 10.4. The number of fused-ring (bicyclic) bond motifs is 1. The molecule has 0 aliphatic carbocycles. The molecule has 0 unspecified atom stereocenters. The minimum Gasteiger partial charge on any atom is -0.491 e. The van der Waals surface area contributed by atoms with Crippen LogP contribution in [0, 0.1) is 0 Å². The predicted molar refractivity (Wildman–Crippen MR) is 81.6 cm³/mol. The maximum absolute atomic E-state index is 5.78. The average Bonchev–Trinajstić information content (AvgIpc) is 2.85. The summed E-state index contributed by atoms with van der Waals surface area (Å²) in [6, 6.07) is 8.23. The molecule has 1 aromatic heterocycles. The molecule has 3 rings (SSSR count). The Morgan fingerprint density at radius 3 is 3.10 bits per heavy atom. The fraction of sp³-hybridized carbons (Fsp3) is 0.467. The van der Waals surface area contributed by atoms with Gasteiger partial charge in [0, 0.05) is 25.8 Å². The minimum atomic E-state index is 0.750. The van der Waals surface area contributed by atoms with Crippen molar-refractivity contribution in [2.75, 3.05) is 31.6 Å². The molecule has 2 heterocycles. The monoisotopic (exact) mass is 287 g/mol. The summed E-state index contributed by atoms with van der Waals surface area (Å²) < 4.78 is 7.69. The average molecular weight is 287 g/mol. The number of nitrogens with one attached hydrogen (secondary N) is 1. The molecule has 6 heteroatoms. The molecule has 21 heavy (non-hydrogen) atoms. The van der Waals surface area contributed by atoms with Crippen molar-refractivity contribution < 1.29 is 4.74 Å². The van der Waals surface area contributed by atoms with E-state index >= 15 is 0 Å². The third-order valence-electron chi connectivity index (χ3n) is 3.58. The lowest BCUT2D eigenvalue weighted by Gasteiger charge is -2.23. The van der Waals surface area contributed by atoms with Gasteiger partial charge in [0.1, 0.15) is 5.75 Å². The molecule has 0 fully saturated rings. The number of rotatable bonds is 5. The van der Waals surface area contributed by atoms with Crippen LogP contribution in [0.25, 0.3) is 0 Å². The van der Waals surface area contributed by atoms with Gasteiger partial charge >= 0.3 is 0 Å². The van der Waals surface area contributed by atoms with E-state index in [0.717, 1.165) is 50.7 Å². The van der Waals surface area contributed by atoms with Gasteiger partial charge in [0.05, 0.1) is 24.5 Å². The van der Waals surface area contributed by atoms with Gasteiger partial charge in [0.15, 0.2) is 0 Å². The van der Waals surface area contributed by atoms with Crippen molar-refractivity contribution in [3.63, 3.8) is 0 Å². The maximum Gasteiger partial charge on any atom is 0.142 e. The van der Waals surface area contributed by atoms with Crippen molar-refractivity contribution in [2.24, 2.45) is 0 Å². The highest BCUT2D eigenvalue weighted by Crippen LogP contribution is 2.30. The van der Waals surface area contributed by atoms with E-state index in [0.29, 0.717) is 0 Å². The highest BCUT2D eigenvalue weighted by molar-refractivity contribution is 5.58. The second-order valence-electron chi connectivity index (χ2n) is 5.16. The van der Waals surface area contributed by atoms with Crippen LogP contribution in [0.2, 0.25) is 0 Å². The second-order valence-corrected chi connectivity index (χ2v) is 5.16. The van der Waals surface area contributed by atoms with Crippen molar-refractivity contribution in [3.05, 3.63) is 36.2 Å².